The van der Waals surface area contributed by atoms with E-state index in [0.717, 1.165) is 51.4 Å². The molecule has 0 aliphatic rings. The van der Waals surface area contributed by atoms with Gasteiger partial charge in [0.1, 0.15) is 0 Å². The van der Waals surface area contributed by atoms with Crippen molar-refractivity contribution in [3.63, 3.8) is 0 Å². The fraction of sp³-hybridized carbons (Fsp3) is 0.889. The highest BCUT2D eigenvalue weighted by atomic mass is 32.2. The van der Waals surface area contributed by atoms with E-state index in [2.05, 4.69) is 13.8 Å². The summed E-state index contributed by atoms with van der Waals surface area (Å²) in [6.45, 7) is 4.43. The van der Waals surface area contributed by atoms with Gasteiger partial charge in [0.05, 0.1) is 19.6 Å². The third-order valence-electron chi connectivity index (χ3n) is 3.98. The van der Waals surface area contributed by atoms with Crippen LogP contribution in [0.5, 0.6) is 0 Å². The van der Waals surface area contributed by atoms with E-state index in [4.69, 9.17) is 9.47 Å². The lowest BCUT2D eigenvalue weighted by molar-refractivity contribution is -0.150. The van der Waals surface area contributed by atoms with Gasteiger partial charge in [-0.2, -0.15) is 8.42 Å². The summed E-state index contributed by atoms with van der Waals surface area (Å²) in [5.41, 5.74) is 0. The zero-order chi connectivity index (χ0) is 19.8. The minimum absolute atomic E-state index is 0. The molecular formula is C18H37NO7S. The summed E-state index contributed by atoms with van der Waals surface area (Å²) >= 11 is 0. The van der Waals surface area contributed by atoms with Crippen molar-refractivity contribution in [3.8, 4) is 0 Å². The van der Waals surface area contributed by atoms with E-state index in [0.29, 0.717) is 12.8 Å². The number of hydrogen-bond donors (Lipinski definition) is 2. The molecule has 0 amide bonds. The molecule has 0 heterocycles. The first kappa shape index (κ1) is 28.0. The van der Waals surface area contributed by atoms with Gasteiger partial charge in [-0.3, -0.25) is 14.1 Å². The lowest BCUT2D eigenvalue weighted by atomic mass is 10.2. The normalized spacial score (nSPS) is 12.1. The van der Waals surface area contributed by atoms with Crippen LogP contribution in [0.1, 0.15) is 84.5 Å². The Morgan fingerprint density at radius 2 is 1.26 bits per heavy atom. The Balaban J connectivity index is 0. The van der Waals surface area contributed by atoms with E-state index in [9.17, 15) is 22.6 Å². The molecule has 0 rings (SSSR count). The molecule has 27 heavy (non-hydrogen) atoms. The predicted octanol–water partition coefficient (Wildman–Crippen LogP) is 3.82. The van der Waals surface area contributed by atoms with Gasteiger partial charge < -0.3 is 15.6 Å². The van der Waals surface area contributed by atoms with Gasteiger partial charge in [-0.15, -0.1) is 0 Å². The number of carbonyl (C=O) groups excluding carboxylic acids is 2. The number of hydrogen-bond acceptors (Lipinski definition) is 7. The zero-order valence-electron chi connectivity index (χ0n) is 16.8. The lowest BCUT2D eigenvalue weighted by Gasteiger charge is -2.13. The molecule has 0 aromatic heterocycles. The van der Waals surface area contributed by atoms with Crippen LogP contribution in [-0.2, 0) is 29.2 Å². The maximum atomic E-state index is 11.9. The van der Waals surface area contributed by atoms with Crippen molar-refractivity contribution in [2.75, 3.05) is 13.2 Å². The quantitative estimate of drug-likeness (QED) is 0.222. The van der Waals surface area contributed by atoms with Crippen LogP contribution in [0.3, 0.4) is 0 Å². The lowest BCUT2D eigenvalue weighted by Crippen LogP contribution is -2.34. The molecular weight excluding hydrogens is 374 g/mol. The molecule has 1 atom stereocenters. The third-order valence-corrected chi connectivity index (χ3v) is 5.06. The van der Waals surface area contributed by atoms with Crippen LogP contribution in [0.2, 0.25) is 0 Å². The molecule has 0 spiro atoms. The summed E-state index contributed by atoms with van der Waals surface area (Å²) in [4.78, 5) is 23.6. The smallest absolute Gasteiger partial charge is 0.327 e. The average molecular weight is 412 g/mol. The number of esters is 2. The largest absolute Gasteiger partial charge is 0.466 e. The molecule has 0 radical (unpaired) electrons. The standard InChI is InChI=1S/C18H34O7S.H3N/c1-3-5-7-9-11-13-24-17(19)15-16(26(21,22)23)18(20)25-14-12-10-8-6-4-2;/h16H,3-15H2,1-2H3,(H,21,22,23);1H3. The highest BCUT2D eigenvalue weighted by Gasteiger charge is 2.35. The highest BCUT2D eigenvalue weighted by molar-refractivity contribution is 7.87. The van der Waals surface area contributed by atoms with Gasteiger partial charge >= 0.3 is 11.9 Å². The van der Waals surface area contributed by atoms with Crippen LogP contribution in [-0.4, -0.2) is 43.4 Å². The minimum Gasteiger partial charge on any atom is -0.466 e. The fourth-order valence-corrected chi connectivity index (χ4v) is 3.04. The van der Waals surface area contributed by atoms with Crippen LogP contribution < -0.4 is 6.15 Å². The monoisotopic (exact) mass is 411 g/mol. The van der Waals surface area contributed by atoms with Crippen LogP contribution in [0.4, 0.5) is 0 Å². The van der Waals surface area contributed by atoms with Gasteiger partial charge in [-0.05, 0) is 12.8 Å². The van der Waals surface area contributed by atoms with Crippen molar-refractivity contribution < 1.29 is 32.0 Å². The topological polar surface area (TPSA) is 142 Å². The molecule has 8 nitrogen and oxygen atoms in total. The highest BCUT2D eigenvalue weighted by Crippen LogP contribution is 2.11. The molecule has 0 saturated carbocycles. The summed E-state index contributed by atoms with van der Waals surface area (Å²) in [5, 5.41) is -1.93. The Bertz CT molecular complexity index is 494. The summed E-state index contributed by atoms with van der Waals surface area (Å²) < 4.78 is 41.8. The van der Waals surface area contributed by atoms with Crippen molar-refractivity contribution in [2.45, 2.75) is 89.7 Å². The fourth-order valence-electron chi connectivity index (χ4n) is 2.38. The Kier molecular flexibility index (Phi) is 17.6. The Morgan fingerprint density at radius 3 is 1.70 bits per heavy atom. The van der Waals surface area contributed by atoms with Crippen LogP contribution in [0.15, 0.2) is 0 Å². The predicted molar refractivity (Wildman–Crippen MR) is 104 cm³/mol. The van der Waals surface area contributed by atoms with E-state index in [1.165, 1.54) is 0 Å². The first-order valence-corrected chi connectivity index (χ1v) is 11.1. The van der Waals surface area contributed by atoms with Gasteiger partial charge in [0.2, 0.25) is 0 Å². The second-order valence-electron chi connectivity index (χ2n) is 6.42. The van der Waals surface area contributed by atoms with Crippen molar-refractivity contribution in [1.82, 2.24) is 6.15 Å². The zero-order valence-corrected chi connectivity index (χ0v) is 17.6. The van der Waals surface area contributed by atoms with E-state index in [1.54, 1.807) is 0 Å². The maximum absolute atomic E-state index is 11.9. The van der Waals surface area contributed by atoms with E-state index >= 15 is 0 Å². The molecule has 0 aliphatic heterocycles. The summed E-state index contributed by atoms with van der Waals surface area (Å²) in [6, 6.07) is 0. The molecule has 4 N–H and O–H groups in total. The number of carbonyl (C=O) groups is 2. The number of unbranched alkanes of at least 4 members (excludes halogenated alkanes) is 8. The molecule has 1 unspecified atom stereocenters. The second kappa shape index (κ2) is 16.9. The Labute approximate surface area is 163 Å². The third kappa shape index (κ3) is 15.6. The average Bonchev–Trinajstić information content (AvgIpc) is 2.57. The molecule has 0 aromatic carbocycles. The van der Waals surface area contributed by atoms with Crippen molar-refractivity contribution in [3.05, 3.63) is 0 Å². The molecule has 9 heteroatoms. The van der Waals surface area contributed by atoms with Gasteiger partial charge in [-0.25, -0.2) is 0 Å². The van der Waals surface area contributed by atoms with E-state index < -0.39 is 33.7 Å². The molecule has 162 valence electrons. The van der Waals surface area contributed by atoms with Crippen LogP contribution in [0, 0.1) is 0 Å². The van der Waals surface area contributed by atoms with Crippen molar-refractivity contribution >= 4 is 22.1 Å². The first-order chi connectivity index (χ1) is 12.3. The van der Waals surface area contributed by atoms with Crippen molar-refractivity contribution in [1.29, 1.82) is 0 Å². The second-order valence-corrected chi connectivity index (χ2v) is 8.02. The summed E-state index contributed by atoms with van der Waals surface area (Å²) in [6.07, 6.45) is 8.82. The van der Waals surface area contributed by atoms with Gasteiger partial charge in [-0.1, -0.05) is 65.2 Å². The Hall–Kier alpha value is -1.19. The minimum atomic E-state index is -4.73. The van der Waals surface area contributed by atoms with Gasteiger partial charge in [0.25, 0.3) is 10.1 Å². The molecule has 0 aromatic rings. The number of ether oxygens (including phenoxy) is 2. The van der Waals surface area contributed by atoms with Crippen LogP contribution >= 0.6 is 0 Å². The van der Waals surface area contributed by atoms with E-state index in [1.807, 2.05) is 0 Å². The summed E-state index contributed by atoms with van der Waals surface area (Å²) in [7, 11) is -4.73. The van der Waals surface area contributed by atoms with Gasteiger partial charge in [0, 0.05) is 0 Å². The number of rotatable bonds is 16. The molecule has 0 saturated heterocycles. The summed E-state index contributed by atoms with van der Waals surface area (Å²) in [5.74, 6) is -1.94. The molecule has 0 bridgehead atoms. The molecule has 0 aliphatic carbocycles. The molecule has 0 fully saturated rings. The van der Waals surface area contributed by atoms with Crippen LogP contribution in [0.25, 0.3) is 0 Å². The van der Waals surface area contributed by atoms with Crippen molar-refractivity contribution in [2.24, 2.45) is 0 Å². The Morgan fingerprint density at radius 1 is 0.815 bits per heavy atom. The maximum Gasteiger partial charge on any atom is 0.327 e. The first-order valence-electron chi connectivity index (χ1n) is 9.61. The SMILES string of the molecule is CCCCCCCOC(=O)CC(C(=O)OCCCCCCC)S(=O)(=O)O.N. The van der Waals surface area contributed by atoms with Gasteiger partial charge in [0.15, 0.2) is 5.25 Å². The van der Waals surface area contributed by atoms with E-state index in [-0.39, 0.29) is 19.4 Å².